The molecule has 1 fully saturated rings. The van der Waals surface area contributed by atoms with Gasteiger partial charge in [0.15, 0.2) is 0 Å². The van der Waals surface area contributed by atoms with E-state index in [2.05, 4.69) is 54.6 Å². The van der Waals surface area contributed by atoms with Crippen LogP contribution in [0.25, 0.3) is 16.7 Å². The molecule has 0 saturated carbocycles. The van der Waals surface area contributed by atoms with E-state index in [1.165, 1.54) is 16.6 Å². The van der Waals surface area contributed by atoms with Crippen LogP contribution in [0.15, 0.2) is 24.4 Å². The molecule has 0 aliphatic carbocycles. The number of piperidine rings is 1. The lowest BCUT2D eigenvalue weighted by atomic mass is 9.93. The Bertz CT molecular complexity index is 1120. The highest BCUT2D eigenvalue weighted by Crippen LogP contribution is 2.36. The molecule has 0 bridgehead atoms. The SMILES string of the molecule is COc1cc(C)c(-n2cc(C)c3c(N4CCC(CC(=O)O)CC4)cc(C)nc32)c(C)c1. The second-order valence-electron chi connectivity index (χ2n) is 8.80. The summed E-state index contributed by atoms with van der Waals surface area (Å²) in [5.41, 5.74) is 7.79. The normalized spacial score (nSPS) is 14.9. The summed E-state index contributed by atoms with van der Waals surface area (Å²) in [6, 6.07) is 6.30. The van der Waals surface area contributed by atoms with Gasteiger partial charge in [-0.3, -0.25) is 4.79 Å². The Morgan fingerprint density at radius 1 is 1.10 bits per heavy atom. The third-order valence-corrected chi connectivity index (χ3v) is 6.41. The van der Waals surface area contributed by atoms with Gasteiger partial charge < -0.3 is 19.3 Å². The van der Waals surface area contributed by atoms with E-state index in [9.17, 15) is 4.79 Å². The lowest BCUT2D eigenvalue weighted by molar-refractivity contribution is -0.138. The molecule has 31 heavy (non-hydrogen) atoms. The first-order valence-electron chi connectivity index (χ1n) is 10.9. The fourth-order valence-electron chi connectivity index (χ4n) is 4.97. The maximum absolute atomic E-state index is 11.1. The molecule has 1 N–H and O–H groups in total. The lowest BCUT2D eigenvalue weighted by Crippen LogP contribution is -2.34. The summed E-state index contributed by atoms with van der Waals surface area (Å²) in [5, 5.41) is 10.3. The number of methoxy groups -OCH3 is 1. The Labute approximate surface area is 183 Å². The number of carboxylic acids is 1. The maximum atomic E-state index is 11.1. The minimum Gasteiger partial charge on any atom is -0.497 e. The third-order valence-electron chi connectivity index (χ3n) is 6.41. The summed E-state index contributed by atoms with van der Waals surface area (Å²) in [7, 11) is 1.69. The van der Waals surface area contributed by atoms with Gasteiger partial charge in [0, 0.05) is 42.5 Å². The van der Waals surface area contributed by atoms with E-state index in [4.69, 9.17) is 14.8 Å². The number of benzene rings is 1. The molecule has 4 rings (SSSR count). The van der Waals surface area contributed by atoms with Crippen molar-refractivity contribution in [3.8, 4) is 11.4 Å². The molecule has 2 aromatic heterocycles. The number of anilines is 1. The van der Waals surface area contributed by atoms with Crippen LogP contribution in [0.1, 0.15) is 41.6 Å². The molecule has 3 heterocycles. The van der Waals surface area contributed by atoms with Gasteiger partial charge in [-0.2, -0.15) is 0 Å². The zero-order valence-electron chi connectivity index (χ0n) is 19.0. The summed E-state index contributed by atoms with van der Waals surface area (Å²) in [4.78, 5) is 18.4. The first-order chi connectivity index (χ1) is 14.8. The number of carboxylic acid groups (broad SMARTS) is 1. The number of hydrogen-bond donors (Lipinski definition) is 1. The average molecular weight is 422 g/mol. The topological polar surface area (TPSA) is 67.6 Å². The smallest absolute Gasteiger partial charge is 0.303 e. The van der Waals surface area contributed by atoms with Gasteiger partial charge in [-0.05, 0) is 81.3 Å². The van der Waals surface area contributed by atoms with Crippen LogP contribution in [-0.2, 0) is 4.79 Å². The molecule has 164 valence electrons. The number of nitrogens with zero attached hydrogens (tertiary/aromatic N) is 3. The molecule has 1 aromatic carbocycles. The van der Waals surface area contributed by atoms with Crippen molar-refractivity contribution >= 4 is 22.7 Å². The average Bonchev–Trinajstić information content (AvgIpc) is 3.03. The molecule has 6 nitrogen and oxygen atoms in total. The first-order valence-corrected chi connectivity index (χ1v) is 10.9. The molecular formula is C25H31N3O3. The molecule has 0 spiro atoms. The van der Waals surface area contributed by atoms with E-state index in [0.717, 1.165) is 59.8 Å². The summed E-state index contributed by atoms with van der Waals surface area (Å²) in [6.07, 6.45) is 4.26. The molecule has 3 aromatic rings. The van der Waals surface area contributed by atoms with E-state index < -0.39 is 5.97 Å². The Balaban J connectivity index is 1.78. The second-order valence-corrected chi connectivity index (χ2v) is 8.80. The minimum atomic E-state index is -0.696. The summed E-state index contributed by atoms with van der Waals surface area (Å²) in [5.74, 6) is 0.433. The molecule has 0 amide bonds. The Hall–Kier alpha value is -3.02. The lowest BCUT2D eigenvalue weighted by Gasteiger charge is -2.33. The van der Waals surface area contributed by atoms with Crippen molar-refractivity contribution in [3.63, 3.8) is 0 Å². The monoisotopic (exact) mass is 421 g/mol. The van der Waals surface area contributed by atoms with Gasteiger partial charge in [-0.25, -0.2) is 4.98 Å². The molecule has 6 heteroatoms. The van der Waals surface area contributed by atoms with Gasteiger partial charge in [0.05, 0.1) is 12.8 Å². The highest BCUT2D eigenvalue weighted by atomic mass is 16.5. The predicted octanol–water partition coefficient (Wildman–Crippen LogP) is 4.96. The van der Waals surface area contributed by atoms with Crippen LogP contribution < -0.4 is 9.64 Å². The summed E-state index contributed by atoms with van der Waals surface area (Å²) >= 11 is 0. The first kappa shape index (κ1) is 21.2. The van der Waals surface area contributed by atoms with E-state index in [1.807, 2.05) is 6.92 Å². The summed E-state index contributed by atoms with van der Waals surface area (Å²) < 4.78 is 7.65. The molecule has 0 unspecified atom stereocenters. The number of rotatable bonds is 5. The molecule has 1 saturated heterocycles. The van der Waals surface area contributed by atoms with Crippen molar-refractivity contribution in [2.75, 3.05) is 25.1 Å². The van der Waals surface area contributed by atoms with Crippen LogP contribution >= 0.6 is 0 Å². The zero-order chi connectivity index (χ0) is 22.3. The highest BCUT2D eigenvalue weighted by Gasteiger charge is 2.25. The largest absolute Gasteiger partial charge is 0.497 e. The Kier molecular flexibility index (Phi) is 5.65. The van der Waals surface area contributed by atoms with Gasteiger partial charge in [0.1, 0.15) is 11.4 Å². The van der Waals surface area contributed by atoms with E-state index in [-0.39, 0.29) is 12.3 Å². The number of hydrogen-bond acceptors (Lipinski definition) is 4. The Morgan fingerprint density at radius 2 is 1.74 bits per heavy atom. The quantitative estimate of drug-likeness (QED) is 0.631. The van der Waals surface area contributed by atoms with Crippen molar-refractivity contribution in [1.29, 1.82) is 0 Å². The fourth-order valence-corrected chi connectivity index (χ4v) is 4.97. The van der Waals surface area contributed by atoms with Crippen LogP contribution in [0.2, 0.25) is 0 Å². The molecular weight excluding hydrogens is 390 g/mol. The Morgan fingerprint density at radius 3 is 2.32 bits per heavy atom. The predicted molar refractivity (Wildman–Crippen MR) is 124 cm³/mol. The van der Waals surface area contributed by atoms with E-state index >= 15 is 0 Å². The fraction of sp³-hybridized carbons (Fsp3) is 0.440. The number of aryl methyl sites for hydroxylation is 4. The zero-order valence-corrected chi connectivity index (χ0v) is 19.0. The van der Waals surface area contributed by atoms with E-state index in [0.29, 0.717) is 0 Å². The van der Waals surface area contributed by atoms with Crippen molar-refractivity contribution in [3.05, 3.63) is 46.8 Å². The second kappa shape index (κ2) is 8.25. The third kappa shape index (κ3) is 3.99. The molecule has 0 radical (unpaired) electrons. The van der Waals surface area contributed by atoms with Crippen LogP contribution in [0.3, 0.4) is 0 Å². The van der Waals surface area contributed by atoms with Crippen LogP contribution in [0.4, 0.5) is 5.69 Å². The minimum absolute atomic E-state index is 0.266. The highest BCUT2D eigenvalue weighted by molar-refractivity contribution is 5.95. The van der Waals surface area contributed by atoms with Gasteiger partial charge in [-0.15, -0.1) is 0 Å². The number of pyridine rings is 1. The van der Waals surface area contributed by atoms with Gasteiger partial charge in [-0.1, -0.05) is 0 Å². The summed E-state index contributed by atoms with van der Waals surface area (Å²) in [6.45, 7) is 10.2. The van der Waals surface area contributed by atoms with Crippen molar-refractivity contribution in [1.82, 2.24) is 9.55 Å². The number of carbonyl (C=O) groups is 1. The maximum Gasteiger partial charge on any atom is 0.303 e. The number of aliphatic carboxylic acids is 1. The van der Waals surface area contributed by atoms with Crippen LogP contribution in [-0.4, -0.2) is 40.8 Å². The standard InChI is InChI=1S/C25H31N3O3/c1-15-10-20(31-5)11-16(2)24(15)28-14-17(3)23-21(12-18(4)26-25(23)28)27-8-6-19(7-9-27)13-22(29)30/h10-12,14,19H,6-9,13H2,1-5H3,(H,29,30). The van der Waals surface area contributed by atoms with Gasteiger partial charge >= 0.3 is 5.97 Å². The van der Waals surface area contributed by atoms with E-state index in [1.54, 1.807) is 7.11 Å². The molecule has 1 aliphatic rings. The van der Waals surface area contributed by atoms with Crippen molar-refractivity contribution in [2.24, 2.45) is 5.92 Å². The van der Waals surface area contributed by atoms with Gasteiger partial charge in [0.25, 0.3) is 0 Å². The molecule has 1 aliphatic heterocycles. The van der Waals surface area contributed by atoms with Crippen molar-refractivity contribution in [2.45, 2.75) is 47.0 Å². The van der Waals surface area contributed by atoms with Crippen LogP contribution in [0, 0.1) is 33.6 Å². The number of ether oxygens (including phenoxy) is 1. The molecule has 0 atom stereocenters. The number of aromatic nitrogens is 2. The van der Waals surface area contributed by atoms with Crippen LogP contribution in [0.5, 0.6) is 5.75 Å². The van der Waals surface area contributed by atoms with Crippen molar-refractivity contribution < 1.29 is 14.6 Å². The van der Waals surface area contributed by atoms with Gasteiger partial charge in [0.2, 0.25) is 0 Å². The number of fused-ring (bicyclic) bond motifs is 1.